The van der Waals surface area contributed by atoms with Gasteiger partial charge in [-0.15, -0.1) is 0 Å². The molecule has 1 aliphatic heterocycles. The molecule has 6 bridgehead atoms. The minimum atomic E-state index is 0.0902. The zero-order valence-corrected chi connectivity index (χ0v) is 27.9. The van der Waals surface area contributed by atoms with Crippen LogP contribution in [0.1, 0.15) is 73.9 Å². The lowest BCUT2D eigenvalue weighted by Crippen LogP contribution is -2.32. The van der Waals surface area contributed by atoms with Crippen molar-refractivity contribution >= 4 is 11.8 Å². The molecule has 45 heavy (non-hydrogen) atoms. The van der Waals surface area contributed by atoms with Crippen molar-refractivity contribution in [1.82, 2.24) is 15.1 Å². The second-order valence-corrected chi connectivity index (χ2v) is 12.9. The van der Waals surface area contributed by atoms with Gasteiger partial charge in [0.2, 0.25) is 11.8 Å². The highest BCUT2D eigenvalue weighted by Crippen LogP contribution is 2.26. The molecule has 1 aliphatic rings. The lowest BCUT2D eigenvalue weighted by atomic mass is 10.0. The van der Waals surface area contributed by atoms with Crippen LogP contribution in [0.15, 0.2) is 54.6 Å². The van der Waals surface area contributed by atoms with Gasteiger partial charge < -0.3 is 29.3 Å². The van der Waals surface area contributed by atoms with Gasteiger partial charge in [0.1, 0.15) is 17.2 Å². The van der Waals surface area contributed by atoms with Gasteiger partial charge in [0.25, 0.3) is 0 Å². The van der Waals surface area contributed by atoms with Crippen LogP contribution in [0.3, 0.4) is 0 Å². The molecule has 0 spiro atoms. The van der Waals surface area contributed by atoms with Gasteiger partial charge in [-0.2, -0.15) is 0 Å². The summed E-state index contributed by atoms with van der Waals surface area (Å²) in [5, 5.41) is 3.56. The maximum Gasteiger partial charge on any atom is 0.223 e. The second-order valence-electron chi connectivity index (χ2n) is 12.9. The van der Waals surface area contributed by atoms with E-state index in [4.69, 9.17) is 14.2 Å². The molecule has 0 saturated heterocycles. The first-order valence-electron chi connectivity index (χ1n) is 15.8. The van der Waals surface area contributed by atoms with Crippen LogP contribution in [0.2, 0.25) is 0 Å². The van der Waals surface area contributed by atoms with Crippen molar-refractivity contribution in [2.75, 3.05) is 21.3 Å². The van der Waals surface area contributed by atoms with Crippen molar-refractivity contribution < 1.29 is 23.8 Å². The summed E-state index contributed by atoms with van der Waals surface area (Å²) in [6.07, 6.45) is 0.905. The molecular weight excluding hydrogens is 566 g/mol. The number of carbonyl (C=O) groups excluding carboxylic acids is 2. The van der Waals surface area contributed by atoms with Crippen LogP contribution in [0.4, 0.5) is 0 Å². The zero-order valence-electron chi connectivity index (χ0n) is 27.9. The van der Waals surface area contributed by atoms with E-state index in [1.54, 1.807) is 21.3 Å². The molecule has 242 valence electrons. The normalized spacial score (nSPS) is 14.2. The molecule has 0 aromatic heterocycles. The highest BCUT2D eigenvalue weighted by Gasteiger charge is 2.21. The van der Waals surface area contributed by atoms with Gasteiger partial charge in [-0.1, -0.05) is 45.9 Å². The Morgan fingerprint density at radius 3 is 1.13 bits per heavy atom. The molecule has 4 rings (SSSR count). The largest absolute Gasteiger partial charge is 0.497 e. The third-order valence-electron chi connectivity index (χ3n) is 7.81. The molecule has 0 saturated carbocycles. The Bertz CT molecular complexity index is 1360. The van der Waals surface area contributed by atoms with Crippen LogP contribution in [0, 0.1) is 11.8 Å². The third-order valence-corrected chi connectivity index (χ3v) is 7.81. The molecule has 0 atom stereocenters. The number of carbonyl (C=O) groups is 2. The molecule has 0 unspecified atom stereocenters. The fraction of sp³-hybridized carbons (Fsp3) is 0.459. The predicted molar refractivity (Wildman–Crippen MR) is 177 cm³/mol. The molecule has 2 amide bonds. The summed E-state index contributed by atoms with van der Waals surface area (Å²) in [6, 6.07) is 18.4. The van der Waals surface area contributed by atoms with Gasteiger partial charge in [0.15, 0.2) is 0 Å². The summed E-state index contributed by atoms with van der Waals surface area (Å²) >= 11 is 0. The number of methoxy groups -OCH3 is 3. The summed E-state index contributed by atoms with van der Waals surface area (Å²) in [4.78, 5) is 31.0. The Hall–Kier alpha value is -4.04. The van der Waals surface area contributed by atoms with E-state index in [9.17, 15) is 9.59 Å². The number of benzene rings is 3. The summed E-state index contributed by atoms with van der Waals surface area (Å²) in [7, 11) is 4.98. The molecule has 0 fully saturated rings. The lowest BCUT2D eigenvalue weighted by molar-refractivity contribution is -0.134. The van der Waals surface area contributed by atoms with Crippen molar-refractivity contribution in [3.8, 4) is 17.2 Å². The van der Waals surface area contributed by atoms with Crippen molar-refractivity contribution in [2.45, 2.75) is 79.8 Å². The monoisotopic (exact) mass is 615 g/mol. The number of hydrogen-bond donors (Lipinski definition) is 1. The van der Waals surface area contributed by atoms with Crippen LogP contribution in [-0.4, -0.2) is 42.9 Å². The molecule has 1 heterocycles. The number of hydrogen-bond acceptors (Lipinski definition) is 6. The maximum absolute atomic E-state index is 13.6. The molecule has 3 aromatic rings. The van der Waals surface area contributed by atoms with Gasteiger partial charge in [-0.25, -0.2) is 0 Å². The number of nitrogens with zero attached hydrogens (tertiary/aromatic N) is 2. The number of rotatable bonds is 7. The molecule has 8 nitrogen and oxygen atoms in total. The summed E-state index contributed by atoms with van der Waals surface area (Å²) < 4.78 is 17.0. The summed E-state index contributed by atoms with van der Waals surface area (Å²) in [6.45, 7) is 11.2. The Balaban J connectivity index is 1.82. The van der Waals surface area contributed by atoms with Crippen molar-refractivity contribution in [3.05, 3.63) is 88.0 Å². The fourth-order valence-corrected chi connectivity index (χ4v) is 5.76. The lowest BCUT2D eigenvalue weighted by Gasteiger charge is -2.27. The minimum absolute atomic E-state index is 0.0902. The Kier molecular flexibility index (Phi) is 11.9. The van der Waals surface area contributed by atoms with Crippen molar-refractivity contribution in [3.63, 3.8) is 0 Å². The molecule has 8 heteroatoms. The van der Waals surface area contributed by atoms with Crippen molar-refractivity contribution in [1.29, 1.82) is 0 Å². The van der Waals surface area contributed by atoms with Crippen molar-refractivity contribution in [2.24, 2.45) is 11.8 Å². The Morgan fingerprint density at radius 2 is 0.844 bits per heavy atom. The SMILES string of the molecule is COc1cc2cc(c1)CN(C(=O)CC(C)C)Cc1cc(cc(OC)c1)CN(C(=O)CC(C)C)Cc1cc(cc(OC)c1)CNC2. The minimum Gasteiger partial charge on any atom is -0.497 e. The second kappa shape index (κ2) is 15.8. The first-order chi connectivity index (χ1) is 21.5. The van der Waals surface area contributed by atoms with E-state index in [1.165, 1.54) is 0 Å². The summed E-state index contributed by atoms with van der Waals surface area (Å²) in [5.74, 6) is 2.85. The zero-order chi connectivity index (χ0) is 32.5. The summed E-state index contributed by atoms with van der Waals surface area (Å²) in [5.41, 5.74) is 6.04. The van der Waals surface area contributed by atoms with Crippen LogP contribution >= 0.6 is 0 Å². The first-order valence-corrected chi connectivity index (χ1v) is 15.8. The quantitative estimate of drug-likeness (QED) is 0.329. The van der Waals surface area contributed by atoms with Gasteiger partial charge >= 0.3 is 0 Å². The van der Waals surface area contributed by atoms with E-state index in [0.29, 0.717) is 57.9 Å². The smallest absolute Gasteiger partial charge is 0.223 e. The van der Waals surface area contributed by atoms with E-state index < -0.39 is 0 Å². The molecule has 3 aromatic carbocycles. The maximum atomic E-state index is 13.6. The van der Waals surface area contributed by atoms with Crippen LogP contribution in [0.5, 0.6) is 17.2 Å². The van der Waals surface area contributed by atoms with E-state index in [-0.39, 0.29) is 23.7 Å². The van der Waals surface area contributed by atoms with E-state index in [0.717, 1.165) is 44.9 Å². The first kappa shape index (κ1) is 33.8. The van der Waals surface area contributed by atoms with Gasteiger partial charge in [-0.3, -0.25) is 9.59 Å². The van der Waals surface area contributed by atoms with E-state index in [1.807, 2.05) is 46.2 Å². The number of ether oxygens (including phenoxy) is 3. The Labute approximate surface area is 268 Å². The molecule has 0 aliphatic carbocycles. The fourth-order valence-electron chi connectivity index (χ4n) is 5.76. The topological polar surface area (TPSA) is 80.3 Å². The molecular formula is C37H49N3O5. The number of nitrogens with one attached hydrogen (secondary N) is 1. The van der Waals surface area contributed by atoms with E-state index in [2.05, 4.69) is 51.2 Å². The standard InChI is InChI=1S/C37H49N3O5/c1-25(2)8-36(41)39-21-29-10-27(13-33(15-29)43-5)19-38-20-28-11-30(16-34(14-28)44-6)22-40(37(42)9-26(3)4)24-32-12-31(23-39)17-35(18-32)45-7/h10-18,25-26,38H,8-9,19-24H2,1-7H3. The van der Waals surface area contributed by atoms with Crippen LogP contribution in [-0.2, 0) is 48.9 Å². The number of amides is 2. The van der Waals surface area contributed by atoms with Gasteiger partial charge in [-0.05, 0) is 81.6 Å². The van der Waals surface area contributed by atoms with Crippen LogP contribution < -0.4 is 19.5 Å². The number of fused-ring (bicyclic) bond motifs is 6. The van der Waals surface area contributed by atoms with E-state index >= 15 is 0 Å². The highest BCUT2D eigenvalue weighted by molar-refractivity contribution is 5.77. The average Bonchev–Trinajstić information content (AvgIpc) is 2.99. The van der Waals surface area contributed by atoms with Gasteiger partial charge in [0.05, 0.1) is 21.3 Å². The average molecular weight is 616 g/mol. The molecule has 1 N–H and O–H groups in total. The molecule has 0 radical (unpaired) electrons. The third kappa shape index (κ3) is 9.98. The predicted octanol–water partition coefficient (Wildman–Crippen LogP) is 6.47. The Morgan fingerprint density at radius 1 is 0.556 bits per heavy atom. The van der Waals surface area contributed by atoms with Gasteiger partial charge in [0, 0.05) is 52.1 Å². The van der Waals surface area contributed by atoms with Crippen LogP contribution in [0.25, 0.3) is 0 Å². The highest BCUT2D eigenvalue weighted by atomic mass is 16.5.